The molecule has 0 aromatic carbocycles. The number of nitrogens with zero attached hydrogens (tertiary/aromatic N) is 3. The fraction of sp³-hybridized carbons (Fsp3) is 0.500. The minimum Gasteiger partial charge on any atom is -0.476 e. The quantitative estimate of drug-likeness (QED) is 0.596. The molecule has 0 saturated carbocycles. The van der Waals surface area contributed by atoms with Gasteiger partial charge in [0.15, 0.2) is 0 Å². The molecule has 7 nitrogen and oxygen atoms in total. The molecule has 82 valence electrons. The Morgan fingerprint density at radius 1 is 1.80 bits per heavy atom. The van der Waals surface area contributed by atoms with Gasteiger partial charge in [0.25, 0.3) is 0 Å². The molecule has 7 heteroatoms. The molecule has 0 spiro atoms. The second-order valence-corrected chi connectivity index (χ2v) is 2.76. The lowest BCUT2D eigenvalue weighted by Crippen LogP contribution is -2.07. The van der Waals surface area contributed by atoms with Crippen molar-refractivity contribution < 1.29 is 17.6 Å². The van der Waals surface area contributed by atoms with Crippen molar-refractivity contribution in [3.05, 3.63) is 21.5 Å². The number of nitro groups is 1. The van der Waals surface area contributed by atoms with E-state index >= 15 is 0 Å². The van der Waals surface area contributed by atoms with E-state index in [1.54, 1.807) is 0 Å². The predicted molar refractivity (Wildman–Crippen MR) is 50.8 cm³/mol. The normalized spacial score (nSPS) is 13.2. The van der Waals surface area contributed by atoms with Gasteiger partial charge in [0.2, 0.25) is 5.69 Å². The van der Waals surface area contributed by atoms with Crippen LogP contribution in [0.3, 0.4) is 0 Å². The molecule has 0 aliphatic rings. The van der Waals surface area contributed by atoms with Crippen LogP contribution in [-0.2, 0) is 13.4 Å². The molecular formula is C8H11N3O4. The maximum Gasteiger partial charge on any atom is 0.361 e. The van der Waals surface area contributed by atoms with Crippen molar-refractivity contribution in [2.24, 2.45) is 7.05 Å². The average Bonchev–Trinajstić information content (AvgIpc) is 2.56. The second-order valence-electron chi connectivity index (χ2n) is 2.76. The van der Waals surface area contributed by atoms with Crippen molar-refractivity contribution in [3.63, 3.8) is 0 Å². The van der Waals surface area contributed by atoms with E-state index in [1.165, 1.54) is 14.0 Å². The Kier molecular flexibility index (Phi) is 2.28. The summed E-state index contributed by atoms with van der Waals surface area (Å²) in [7, 11) is 1.23. The molecule has 15 heavy (non-hydrogen) atoms. The number of aromatic carboxylic acids is 1. The number of carbonyl (C=O) groups is 1. The highest BCUT2D eigenvalue weighted by Gasteiger charge is 2.30. The van der Waals surface area contributed by atoms with Crippen molar-refractivity contribution >= 4 is 11.7 Å². The van der Waals surface area contributed by atoms with E-state index in [1.807, 2.05) is 0 Å². The predicted octanol–water partition coefficient (Wildman–Crippen LogP) is 0.979. The van der Waals surface area contributed by atoms with Gasteiger partial charge in [-0.05, 0) is 6.37 Å². The number of aromatic nitrogens is 2. The van der Waals surface area contributed by atoms with Gasteiger partial charge >= 0.3 is 11.7 Å². The third kappa shape index (κ3) is 1.95. The summed E-state index contributed by atoms with van der Waals surface area (Å²) >= 11 is 0. The van der Waals surface area contributed by atoms with E-state index in [9.17, 15) is 14.9 Å². The summed E-state index contributed by atoms with van der Waals surface area (Å²) < 4.78 is 16.0. The molecule has 0 bridgehead atoms. The lowest BCUT2D eigenvalue weighted by molar-refractivity contribution is -0.386. The van der Waals surface area contributed by atoms with E-state index in [2.05, 4.69) is 5.10 Å². The molecule has 1 rings (SSSR count). The number of aryl methyl sites for hydroxylation is 2. The SMILES string of the molecule is [2H]C([2H])(CC)c1nn(C)c(C(=O)O)c1[N+](=O)[O-]. The van der Waals surface area contributed by atoms with Crippen LogP contribution in [0.15, 0.2) is 0 Å². The molecule has 0 aliphatic heterocycles. The zero-order chi connectivity index (χ0) is 13.4. The Bertz CT molecular complexity index is 483. The molecule has 1 aromatic rings. The Hall–Kier alpha value is -1.92. The summed E-state index contributed by atoms with van der Waals surface area (Å²) in [6.07, 6.45) is -2.07. The lowest BCUT2D eigenvalue weighted by Gasteiger charge is -1.93. The Balaban J connectivity index is 3.59. The van der Waals surface area contributed by atoms with Crippen LogP contribution in [0, 0.1) is 10.1 Å². The van der Waals surface area contributed by atoms with Crippen molar-refractivity contribution in [1.82, 2.24) is 9.78 Å². The molecule has 0 amide bonds. The number of carboxylic acids is 1. The summed E-state index contributed by atoms with van der Waals surface area (Å²) in [5.41, 5.74) is -1.86. The van der Waals surface area contributed by atoms with Crippen LogP contribution < -0.4 is 0 Å². The van der Waals surface area contributed by atoms with Gasteiger partial charge in [0.1, 0.15) is 5.69 Å². The lowest BCUT2D eigenvalue weighted by atomic mass is 10.2. The van der Waals surface area contributed by atoms with Crippen LogP contribution in [0.4, 0.5) is 5.69 Å². The topological polar surface area (TPSA) is 98.3 Å². The van der Waals surface area contributed by atoms with E-state index < -0.39 is 34.3 Å². The summed E-state index contributed by atoms with van der Waals surface area (Å²) in [5, 5.41) is 23.3. The van der Waals surface area contributed by atoms with Crippen LogP contribution in [-0.4, -0.2) is 25.8 Å². The highest BCUT2D eigenvalue weighted by Crippen LogP contribution is 2.23. The average molecular weight is 215 g/mol. The molecular weight excluding hydrogens is 202 g/mol. The summed E-state index contributed by atoms with van der Waals surface area (Å²) in [5.74, 6) is -1.51. The van der Waals surface area contributed by atoms with Gasteiger partial charge in [0.05, 0.1) is 4.92 Å². The van der Waals surface area contributed by atoms with Gasteiger partial charge < -0.3 is 5.11 Å². The van der Waals surface area contributed by atoms with Crippen molar-refractivity contribution in [1.29, 1.82) is 0 Å². The zero-order valence-corrected chi connectivity index (χ0v) is 8.22. The van der Waals surface area contributed by atoms with Gasteiger partial charge in [-0.15, -0.1) is 0 Å². The third-order valence-electron chi connectivity index (χ3n) is 1.75. The van der Waals surface area contributed by atoms with Gasteiger partial charge in [0, 0.05) is 9.79 Å². The first-order valence-electron chi connectivity index (χ1n) is 5.17. The molecule has 1 N–H and O–H groups in total. The second kappa shape index (κ2) is 4.07. The van der Waals surface area contributed by atoms with Gasteiger partial charge in [-0.3, -0.25) is 14.8 Å². The van der Waals surface area contributed by atoms with Gasteiger partial charge in [-0.2, -0.15) is 5.10 Å². The van der Waals surface area contributed by atoms with Crippen molar-refractivity contribution in [3.8, 4) is 0 Å². The minimum atomic E-state index is -2.03. The number of carboxylic acid groups (broad SMARTS) is 1. The standard InChI is InChI=1S/C8H11N3O4/c1-3-4-5-6(11(14)15)7(8(12)13)10(2)9-5/h3-4H2,1-2H3,(H,12,13)/i4D2. The molecule has 0 atom stereocenters. The van der Waals surface area contributed by atoms with Gasteiger partial charge in [-0.1, -0.05) is 13.3 Å². The summed E-state index contributed by atoms with van der Waals surface area (Å²) in [6, 6.07) is 0. The summed E-state index contributed by atoms with van der Waals surface area (Å²) in [4.78, 5) is 20.8. The van der Waals surface area contributed by atoms with E-state index in [-0.39, 0.29) is 6.42 Å². The molecule has 1 aromatic heterocycles. The fourth-order valence-electron chi connectivity index (χ4n) is 1.21. The minimum absolute atomic E-state index is 0.0378. The van der Waals surface area contributed by atoms with Crippen LogP contribution in [0.5, 0.6) is 0 Å². The molecule has 0 aliphatic carbocycles. The smallest absolute Gasteiger partial charge is 0.361 e. The van der Waals surface area contributed by atoms with E-state index in [0.717, 1.165) is 4.68 Å². The van der Waals surface area contributed by atoms with Crippen LogP contribution >= 0.6 is 0 Å². The summed E-state index contributed by atoms with van der Waals surface area (Å²) in [6.45, 7) is 1.50. The molecule has 0 fully saturated rings. The highest BCUT2D eigenvalue weighted by molar-refractivity contribution is 5.90. The first-order valence-corrected chi connectivity index (χ1v) is 4.17. The molecule has 0 radical (unpaired) electrons. The third-order valence-corrected chi connectivity index (χ3v) is 1.75. The van der Waals surface area contributed by atoms with Crippen molar-refractivity contribution in [2.75, 3.05) is 0 Å². The van der Waals surface area contributed by atoms with Crippen LogP contribution in [0.1, 0.15) is 32.3 Å². The maximum atomic E-state index is 10.9. The Morgan fingerprint density at radius 3 is 2.80 bits per heavy atom. The maximum absolute atomic E-state index is 10.9. The van der Waals surface area contributed by atoms with Crippen LogP contribution in [0.2, 0.25) is 0 Å². The first kappa shape index (κ1) is 8.39. The Morgan fingerprint density at radius 2 is 2.40 bits per heavy atom. The highest BCUT2D eigenvalue weighted by atomic mass is 16.6. The van der Waals surface area contributed by atoms with Crippen LogP contribution in [0.25, 0.3) is 0 Å². The fourth-order valence-corrected chi connectivity index (χ4v) is 1.21. The van der Waals surface area contributed by atoms with E-state index in [4.69, 9.17) is 7.85 Å². The largest absolute Gasteiger partial charge is 0.476 e. The number of hydrogen-bond donors (Lipinski definition) is 1. The number of hydrogen-bond acceptors (Lipinski definition) is 4. The molecule has 0 saturated heterocycles. The first-order chi connectivity index (χ1) is 7.72. The van der Waals surface area contributed by atoms with Gasteiger partial charge in [-0.25, -0.2) is 4.79 Å². The monoisotopic (exact) mass is 215 g/mol. The molecule has 0 unspecified atom stereocenters. The number of rotatable bonds is 4. The Labute approximate surface area is 88.3 Å². The molecule has 1 heterocycles. The van der Waals surface area contributed by atoms with Crippen molar-refractivity contribution in [2.45, 2.75) is 19.7 Å². The van der Waals surface area contributed by atoms with E-state index in [0.29, 0.717) is 0 Å². The zero-order valence-electron chi connectivity index (χ0n) is 10.2.